The Balaban J connectivity index is 2.76. The molecule has 0 fully saturated rings. The molecule has 1 aromatic carbocycles. The Bertz CT molecular complexity index is 418. The molecule has 1 aromatic rings. The zero-order valence-corrected chi connectivity index (χ0v) is 11.6. The van der Waals surface area contributed by atoms with Crippen molar-refractivity contribution < 1.29 is 17.9 Å². The molecule has 0 aromatic heterocycles. The zero-order chi connectivity index (χ0) is 14.6. The van der Waals surface area contributed by atoms with Crippen LogP contribution in [0.25, 0.3) is 0 Å². The second-order valence-electron chi connectivity index (χ2n) is 4.72. The number of halogens is 3. The van der Waals surface area contributed by atoms with Gasteiger partial charge in [0, 0.05) is 0 Å². The summed E-state index contributed by atoms with van der Waals surface area (Å²) in [4.78, 5) is 0. The summed E-state index contributed by atoms with van der Waals surface area (Å²) < 4.78 is 42.1. The molecule has 5 heteroatoms. The number of rotatable bonds is 5. The largest absolute Gasteiger partial charge is 0.414 e. The van der Waals surface area contributed by atoms with Crippen molar-refractivity contribution in [3.8, 4) is 0 Å². The van der Waals surface area contributed by atoms with Gasteiger partial charge < -0.3 is 10.1 Å². The highest BCUT2D eigenvalue weighted by molar-refractivity contribution is 5.33. The van der Waals surface area contributed by atoms with Crippen LogP contribution in [0.3, 0.4) is 0 Å². The van der Waals surface area contributed by atoms with Gasteiger partial charge in [0.1, 0.15) is 0 Å². The fourth-order valence-electron chi connectivity index (χ4n) is 1.80. The first kappa shape index (κ1) is 16.0. The molecule has 2 unspecified atom stereocenters. The molecule has 0 radical (unpaired) electrons. The number of hydrogen-bond donors (Lipinski definition) is 1. The number of likely N-dealkylation sites (N-methyl/N-ethyl adjacent to an activating group) is 1. The van der Waals surface area contributed by atoms with E-state index in [0.29, 0.717) is 0 Å². The van der Waals surface area contributed by atoms with E-state index >= 15 is 0 Å². The van der Waals surface area contributed by atoms with Gasteiger partial charge in [0.05, 0.1) is 12.6 Å². The summed E-state index contributed by atoms with van der Waals surface area (Å²) >= 11 is 0. The third-order valence-electron chi connectivity index (χ3n) is 3.13. The summed E-state index contributed by atoms with van der Waals surface area (Å²) in [5, 5.41) is 3.00. The molecule has 0 aliphatic rings. The number of nitrogens with one attached hydrogen (secondary N) is 1. The van der Waals surface area contributed by atoms with Crippen LogP contribution in [0.1, 0.15) is 29.7 Å². The molecule has 2 nitrogen and oxygen atoms in total. The third-order valence-corrected chi connectivity index (χ3v) is 3.13. The van der Waals surface area contributed by atoms with Crippen LogP contribution in [0.4, 0.5) is 13.2 Å². The average molecular weight is 275 g/mol. The molecular weight excluding hydrogens is 255 g/mol. The molecule has 0 saturated carbocycles. The van der Waals surface area contributed by atoms with Crippen LogP contribution in [-0.2, 0) is 4.74 Å². The van der Waals surface area contributed by atoms with Gasteiger partial charge in [-0.15, -0.1) is 0 Å². The van der Waals surface area contributed by atoms with Gasteiger partial charge in [-0.05, 0) is 38.9 Å². The Morgan fingerprint density at radius 1 is 1.26 bits per heavy atom. The first-order valence-corrected chi connectivity index (χ1v) is 6.18. The van der Waals surface area contributed by atoms with Crippen LogP contribution in [-0.4, -0.2) is 25.9 Å². The number of alkyl halides is 3. The Morgan fingerprint density at radius 2 is 1.89 bits per heavy atom. The van der Waals surface area contributed by atoms with E-state index in [1.165, 1.54) is 0 Å². The fourth-order valence-corrected chi connectivity index (χ4v) is 1.80. The highest BCUT2D eigenvalue weighted by Gasteiger charge is 2.37. The fraction of sp³-hybridized carbons (Fsp3) is 0.571. The number of ether oxygens (including phenoxy) is 1. The molecule has 0 amide bonds. The van der Waals surface area contributed by atoms with Crippen molar-refractivity contribution in [3.05, 3.63) is 34.9 Å². The van der Waals surface area contributed by atoms with Gasteiger partial charge in [0.15, 0.2) is 6.10 Å². The summed E-state index contributed by atoms with van der Waals surface area (Å²) in [6, 6.07) is 5.66. The van der Waals surface area contributed by atoms with Gasteiger partial charge in [0.25, 0.3) is 0 Å². The second-order valence-corrected chi connectivity index (χ2v) is 4.72. The average Bonchev–Trinajstić information content (AvgIpc) is 2.32. The summed E-state index contributed by atoms with van der Waals surface area (Å²) in [6.07, 6.45) is -6.08. The molecule has 19 heavy (non-hydrogen) atoms. The molecule has 0 aliphatic carbocycles. The maximum absolute atomic E-state index is 12.4. The second kappa shape index (κ2) is 6.39. The SMILES string of the molecule is CNC(COC(C)C(F)(F)F)c1cc(C)ccc1C. The van der Waals surface area contributed by atoms with E-state index in [1.807, 2.05) is 32.0 Å². The van der Waals surface area contributed by atoms with Crippen LogP contribution in [0, 0.1) is 13.8 Å². The van der Waals surface area contributed by atoms with E-state index in [-0.39, 0.29) is 12.6 Å². The normalized spacial score (nSPS) is 15.3. The highest BCUT2D eigenvalue weighted by Crippen LogP contribution is 2.25. The molecule has 1 N–H and O–H groups in total. The summed E-state index contributed by atoms with van der Waals surface area (Å²) in [6.45, 7) is 4.90. The Hall–Kier alpha value is -1.07. The molecule has 0 spiro atoms. The van der Waals surface area contributed by atoms with Gasteiger partial charge in [-0.25, -0.2) is 0 Å². The van der Waals surface area contributed by atoms with Crippen LogP contribution >= 0.6 is 0 Å². The highest BCUT2D eigenvalue weighted by atomic mass is 19.4. The van der Waals surface area contributed by atoms with Crippen LogP contribution < -0.4 is 5.32 Å². The van der Waals surface area contributed by atoms with Crippen molar-refractivity contribution >= 4 is 0 Å². The number of aryl methyl sites for hydroxylation is 2. The quantitative estimate of drug-likeness (QED) is 0.887. The monoisotopic (exact) mass is 275 g/mol. The van der Waals surface area contributed by atoms with Crippen molar-refractivity contribution in [1.82, 2.24) is 5.32 Å². The minimum absolute atomic E-state index is 0.0124. The molecule has 0 heterocycles. The lowest BCUT2D eigenvalue weighted by molar-refractivity contribution is -0.215. The Labute approximate surface area is 112 Å². The predicted molar refractivity (Wildman–Crippen MR) is 69.2 cm³/mol. The van der Waals surface area contributed by atoms with Crippen LogP contribution in [0.5, 0.6) is 0 Å². The summed E-state index contributed by atoms with van der Waals surface area (Å²) in [7, 11) is 1.72. The van der Waals surface area contributed by atoms with E-state index in [4.69, 9.17) is 4.74 Å². The predicted octanol–water partition coefficient (Wildman–Crippen LogP) is 3.53. The van der Waals surface area contributed by atoms with Gasteiger partial charge >= 0.3 is 6.18 Å². The minimum atomic E-state index is -4.32. The van der Waals surface area contributed by atoms with Crippen LogP contribution in [0.15, 0.2) is 18.2 Å². The molecule has 2 atom stereocenters. The standard InChI is InChI=1S/C14H20F3NO/c1-9-5-6-10(2)12(7-9)13(18-4)8-19-11(3)14(15,16)17/h5-7,11,13,18H,8H2,1-4H3. The minimum Gasteiger partial charge on any atom is -0.367 e. The molecule has 0 bridgehead atoms. The van der Waals surface area contributed by atoms with E-state index in [2.05, 4.69) is 5.32 Å². The smallest absolute Gasteiger partial charge is 0.367 e. The van der Waals surface area contributed by atoms with Crippen molar-refractivity contribution in [2.45, 2.75) is 39.1 Å². The van der Waals surface area contributed by atoms with Gasteiger partial charge in [-0.2, -0.15) is 13.2 Å². The van der Waals surface area contributed by atoms with Gasteiger partial charge in [-0.1, -0.05) is 23.8 Å². The van der Waals surface area contributed by atoms with Crippen molar-refractivity contribution in [2.75, 3.05) is 13.7 Å². The van der Waals surface area contributed by atoms with E-state index in [9.17, 15) is 13.2 Å². The molecule has 108 valence electrons. The lowest BCUT2D eigenvalue weighted by Crippen LogP contribution is -2.32. The summed E-state index contributed by atoms with van der Waals surface area (Å²) in [5.74, 6) is 0. The molecule has 0 aliphatic heterocycles. The van der Waals surface area contributed by atoms with Gasteiger partial charge in [0.2, 0.25) is 0 Å². The van der Waals surface area contributed by atoms with E-state index < -0.39 is 12.3 Å². The maximum atomic E-state index is 12.4. The topological polar surface area (TPSA) is 21.3 Å². The first-order valence-electron chi connectivity index (χ1n) is 6.18. The number of benzene rings is 1. The summed E-state index contributed by atoms with van der Waals surface area (Å²) in [5.41, 5.74) is 3.08. The Morgan fingerprint density at radius 3 is 2.42 bits per heavy atom. The first-order chi connectivity index (χ1) is 8.75. The lowest BCUT2D eigenvalue weighted by Gasteiger charge is -2.23. The van der Waals surface area contributed by atoms with Crippen LogP contribution in [0.2, 0.25) is 0 Å². The maximum Gasteiger partial charge on any atom is 0.414 e. The van der Waals surface area contributed by atoms with Gasteiger partial charge in [-0.3, -0.25) is 0 Å². The van der Waals surface area contributed by atoms with E-state index in [0.717, 1.165) is 23.6 Å². The van der Waals surface area contributed by atoms with Crippen molar-refractivity contribution in [3.63, 3.8) is 0 Å². The third kappa shape index (κ3) is 4.51. The molecule has 1 rings (SSSR count). The zero-order valence-electron chi connectivity index (χ0n) is 11.6. The lowest BCUT2D eigenvalue weighted by atomic mass is 9.99. The van der Waals surface area contributed by atoms with Crippen molar-refractivity contribution in [2.24, 2.45) is 0 Å². The molecular formula is C14H20F3NO. The Kier molecular flexibility index (Phi) is 5.38. The van der Waals surface area contributed by atoms with Crippen molar-refractivity contribution in [1.29, 1.82) is 0 Å². The number of hydrogen-bond acceptors (Lipinski definition) is 2. The van der Waals surface area contributed by atoms with E-state index in [1.54, 1.807) is 7.05 Å². The molecule has 0 saturated heterocycles.